The minimum atomic E-state index is -1.03. The van der Waals surface area contributed by atoms with Crippen LogP contribution in [0.15, 0.2) is 41.5 Å². The highest BCUT2D eigenvalue weighted by molar-refractivity contribution is 5.90. The molecule has 0 fully saturated rings. The van der Waals surface area contributed by atoms with Gasteiger partial charge in [-0.3, -0.25) is 9.13 Å². The summed E-state index contributed by atoms with van der Waals surface area (Å²) in [6.45, 7) is 3.31. The summed E-state index contributed by atoms with van der Waals surface area (Å²) in [6, 6.07) is 6.45. The van der Waals surface area contributed by atoms with Gasteiger partial charge in [-0.05, 0) is 18.6 Å². The normalized spacial score (nSPS) is 10.5. The summed E-state index contributed by atoms with van der Waals surface area (Å²) < 4.78 is 8.68. The molecule has 0 saturated carbocycles. The summed E-state index contributed by atoms with van der Waals surface area (Å²) in [5.74, 6) is -0.720. The van der Waals surface area contributed by atoms with Crippen LogP contribution in [0.4, 0.5) is 0 Å². The fourth-order valence-corrected chi connectivity index (χ4v) is 2.06. The van der Waals surface area contributed by atoms with Crippen LogP contribution < -0.4 is 10.4 Å². The van der Waals surface area contributed by atoms with Crippen molar-refractivity contribution < 1.29 is 14.6 Å². The number of aryl methyl sites for hydroxylation is 1. The Morgan fingerprint density at radius 1 is 1.19 bits per heavy atom. The van der Waals surface area contributed by atoms with Crippen LogP contribution in [-0.2, 0) is 13.1 Å². The molecule has 112 valence electrons. The minimum Gasteiger partial charge on any atom is -0.491 e. The van der Waals surface area contributed by atoms with Crippen molar-refractivity contribution in [2.24, 2.45) is 0 Å². The average Bonchev–Trinajstić information content (AvgIpc) is 2.81. The molecule has 0 aliphatic rings. The number of rotatable bonds is 7. The zero-order valence-electron chi connectivity index (χ0n) is 11.9. The molecular weight excluding hydrogens is 272 g/mol. The Kier molecular flexibility index (Phi) is 4.81. The molecule has 0 bridgehead atoms. The number of hydrogen-bond acceptors (Lipinski definition) is 3. The molecule has 0 unspecified atom stereocenters. The van der Waals surface area contributed by atoms with Crippen LogP contribution in [-0.4, -0.2) is 26.8 Å². The molecule has 0 saturated heterocycles. The van der Waals surface area contributed by atoms with Crippen molar-refractivity contribution in [2.45, 2.75) is 26.4 Å². The second-order valence-electron chi connectivity index (χ2n) is 4.62. The number of nitrogens with zero attached hydrogens (tertiary/aromatic N) is 2. The van der Waals surface area contributed by atoms with E-state index in [-0.39, 0.29) is 17.9 Å². The van der Waals surface area contributed by atoms with Gasteiger partial charge in [0.2, 0.25) is 0 Å². The Hall–Kier alpha value is -2.50. The van der Waals surface area contributed by atoms with Gasteiger partial charge in [0.1, 0.15) is 17.9 Å². The zero-order chi connectivity index (χ0) is 15.2. The highest BCUT2D eigenvalue weighted by Gasteiger charge is 2.10. The summed E-state index contributed by atoms with van der Waals surface area (Å²) in [6.07, 6.45) is 4.36. The monoisotopic (exact) mass is 290 g/mol. The molecular formula is C15H18N2O4. The molecule has 1 heterocycles. The highest BCUT2D eigenvalue weighted by atomic mass is 16.5. The first-order chi connectivity index (χ1) is 10.1. The van der Waals surface area contributed by atoms with Gasteiger partial charge in [-0.15, -0.1) is 0 Å². The summed E-state index contributed by atoms with van der Waals surface area (Å²) in [4.78, 5) is 23.0. The maximum atomic E-state index is 12.0. The molecule has 0 aliphatic carbocycles. The van der Waals surface area contributed by atoms with Crippen LogP contribution in [0.25, 0.3) is 0 Å². The predicted molar refractivity (Wildman–Crippen MR) is 77.9 cm³/mol. The smallest absolute Gasteiger partial charge is 0.339 e. The molecule has 2 aromatic rings. The van der Waals surface area contributed by atoms with Crippen LogP contribution in [0.2, 0.25) is 0 Å². The van der Waals surface area contributed by atoms with Gasteiger partial charge in [-0.1, -0.05) is 19.1 Å². The Morgan fingerprint density at radius 3 is 2.52 bits per heavy atom. The number of aromatic carboxylic acids is 1. The van der Waals surface area contributed by atoms with E-state index in [2.05, 4.69) is 0 Å². The van der Waals surface area contributed by atoms with E-state index in [0.29, 0.717) is 18.8 Å². The van der Waals surface area contributed by atoms with Gasteiger partial charge in [0.05, 0.1) is 6.54 Å². The Labute approximate surface area is 122 Å². The average molecular weight is 290 g/mol. The molecule has 0 atom stereocenters. The van der Waals surface area contributed by atoms with E-state index < -0.39 is 5.97 Å². The summed E-state index contributed by atoms with van der Waals surface area (Å²) >= 11 is 0. The SMILES string of the molecule is CCCn1ccn(CCOc2ccccc2C(=O)O)c1=O. The lowest BCUT2D eigenvalue weighted by Gasteiger charge is -2.09. The molecule has 1 N–H and O–H groups in total. The molecule has 0 radical (unpaired) electrons. The van der Waals surface area contributed by atoms with Crippen molar-refractivity contribution in [3.8, 4) is 5.75 Å². The number of carboxylic acid groups (broad SMARTS) is 1. The predicted octanol–water partition coefficient (Wildman–Crippen LogP) is 1.84. The van der Waals surface area contributed by atoms with E-state index in [9.17, 15) is 9.59 Å². The van der Waals surface area contributed by atoms with Gasteiger partial charge in [-0.2, -0.15) is 0 Å². The number of imidazole rings is 1. The van der Waals surface area contributed by atoms with Crippen molar-refractivity contribution in [3.05, 3.63) is 52.7 Å². The van der Waals surface area contributed by atoms with Crippen LogP contribution in [0.1, 0.15) is 23.7 Å². The first-order valence-corrected chi connectivity index (χ1v) is 6.84. The van der Waals surface area contributed by atoms with Crippen LogP contribution >= 0.6 is 0 Å². The maximum Gasteiger partial charge on any atom is 0.339 e. The Bertz CT molecular complexity index is 672. The molecule has 1 aromatic heterocycles. The molecule has 0 spiro atoms. The van der Waals surface area contributed by atoms with Crippen LogP contribution in [0.3, 0.4) is 0 Å². The number of ether oxygens (including phenoxy) is 1. The third-order valence-corrected chi connectivity index (χ3v) is 3.09. The molecule has 0 amide bonds. The number of para-hydroxylation sites is 1. The number of benzene rings is 1. The Balaban J connectivity index is 1.99. The second-order valence-corrected chi connectivity index (χ2v) is 4.62. The van der Waals surface area contributed by atoms with E-state index in [0.717, 1.165) is 6.42 Å². The molecule has 6 heteroatoms. The second kappa shape index (κ2) is 6.78. The van der Waals surface area contributed by atoms with Gasteiger partial charge in [0, 0.05) is 18.9 Å². The van der Waals surface area contributed by atoms with Crippen molar-refractivity contribution in [2.75, 3.05) is 6.61 Å². The van der Waals surface area contributed by atoms with Gasteiger partial charge < -0.3 is 9.84 Å². The standard InChI is InChI=1S/C15H18N2O4/c1-2-7-16-8-9-17(15(16)20)10-11-21-13-6-4-3-5-12(13)14(18)19/h3-6,8-9H,2,7,10-11H2,1H3,(H,18,19). The molecule has 0 aliphatic heterocycles. The number of carbonyl (C=O) groups is 1. The third-order valence-electron chi connectivity index (χ3n) is 3.09. The van der Waals surface area contributed by atoms with E-state index in [1.54, 1.807) is 39.7 Å². The van der Waals surface area contributed by atoms with E-state index >= 15 is 0 Å². The van der Waals surface area contributed by atoms with E-state index in [1.807, 2.05) is 6.92 Å². The zero-order valence-corrected chi connectivity index (χ0v) is 11.9. The van der Waals surface area contributed by atoms with Crippen LogP contribution in [0.5, 0.6) is 5.75 Å². The van der Waals surface area contributed by atoms with Crippen molar-refractivity contribution in [1.82, 2.24) is 9.13 Å². The molecule has 6 nitrogen and oxygen atoms in total. The van der Waals surface area contributed by atoms with Crippen molar-refractivity contribution in [3.63, 3.8) is 0 Å². The number of aromatic nitrogens is 2. The lowest BCUT2D eigenvalue weighted by atomic mass is 10.2. The fraction of sp³-hybridized carbons (Fsp3) is 0.333. The third kappa shape index (κ3) is 3.53. The Morgan fingerprint density at radius 2 is 1.86 bits per heavy atom. The topological polar surface area (TPSA) is 73.5 Å². The van der Waals surface area contributed by atoms with E-state index in [1.165, 1.54) is 6.07 Å². The molecule has 21 heavy (non-hydrogen) atoms. The molecule has 1 aromatic carbocycles. The lowest BCUT2D eigenvalue weighted by Crippen LogP contribution is -2.26. The quantitative estimate of drug-likeness (QED) is 0.844. The fourth-order valence-electron chi connectivity index (χ4n) is 2.06. The first kappa shape index (κ1) is 14.9. The van der Waals surface area contributed by atoms with Gasteiger partial charge in [0.25, 0.3) is 0 Å². The maximum absolute atomic E-state index is 12.0. The van der Waals surface area contributed by atoms with E-state index in [4.69, 9.17) is 9.84 Å². The summed E-state index contributed by atoms with van der Waals surface area (Å²) in [7, 11) is 0. The van der Waals surface area contributed by atoms with Crippen molar-refractivity contribution in [1.29, 1.82) is 0 Å². The van der Waals surface area contributed by atoms with Gasteiger partial charge in [-0.25, -0.2) is 9.59 Å². The first-order valence-electron chi connectivity index (χ1n) is 6.84. The van der Waals surface area contributed by atoms with Gasteiger partial charge in [0.15, 0.2) is 0 Å². The minimum absolute atomic E-state index is 0.0769. The highest BCUT2D eigenvalue weighted by Crippen LogP contribution is 2.17. The summed E-state index contributed by atoms with van der Waals surface area (Å²) in [5, 5.41) is 9.05. The number of hydrogen-bond donors (Lipinski definition) is 1. The number of carboxylic acids is 1. The van der Waals surface area contributed by atoms with Crippen LogP contribution in [0, 0.1) is 0 Å². The lowest BCUT2D eigenvalue weighted by molar-refractivity contribution is 0.0692. The van der Waals surface area contributed by atoms with Gasteiger partial charge >= 0.3 is 11.7 Å². The largest absolute Gasteiger partial charge is 0.491 e. The van der Waals surface area contributed by atoms with Crippen molar-refractivity contribution >= 4 is 5.97 Å². The summed E-state index contributed by atoms with van der Waals surface area (Å²) in [5.41, 5.74) is 0.0420. The molecule has 2 rings (SSSR count).